The number of para-hydroxylation sites is 1. The number of rotatable bonds is 19. The van der Waals surface area contributed by atoms with Gasteiger partial charge in [-0.25, -0.2) is 9.36 Å². The first-order chi connectivity index (χ1) is 29.2. The third-order valence-electron chi connectivity index (χ3n) is 9.37. The fraction of sp³-hybridized carbons (Fsp3) is 0.275. The van der Waals surface area contributed by atoms with Gasteiger partial charge in [0.25, 0.3) is 11.6 Å². The number of amides is 1. The van der Waals surface area contributed by atoms with E-state index in [1.54, 1.807) is 24.3 Å². The van der Waals surface area contributed by atoms with Crippen molar-refractivity contribution in [2.24, 2.45) is 4.99 Å². The van der Waals surface area contributed by atoms with E-state index in [4.69, 9.17) is 42.4 Å². The van der Waals surface area contributed by atoms with Crippen LogP contribution in [0.2, 0.25) is 0 Å². The van der Waals surface area contributed by atoms with Crippen LogP contribution in [0, 0.1) is 10.1 Å². The molecule has 0 spiro atoms. The summed E-state index contributed by atoms with van der Waals surface area (Å²) < 4.78 is 64.0. The van der Waals surface area contributed by atoms with Crippen molar-refractivity contribution < 1.29 is 71.3 Å². The molecule has 0 radical (unpaired) electrons. The zero-order valence-electron chi connectivity index (χ0n) is 33.5. The first-order valence-corrected chi connectivity index (χ1v) is 20.4. The second kappa shape index (κ2) is 18.8. The Bertz CT molecular complexity index is 2290. The lowest BCUT2D eigenvalue weighted by Crippen LogP contribution is -2.61. The maximum absolute atomic E-state index is 14.7. The van der Waals surface area contributed by atoms with E-state index in [2.05, 4.69) is 4.99 Å². The summed E-state index contributed by atoms with van der Waals surface area (Å²) in [6.07, 6.45) is 0. The van der Waals surface area contributed by atoms with Crippen LogP contribution in [0.3, 0.4) is 0 Å². The quantitative estimate of drug-likeness (QED) is 0.0222. The van der Waals surface area contributed by atoms with Crippen molar-refractivity contribution >= 4 is 42.2 Å². The molecule has 21 heteroatoms. The molecule has 4 aromatic rings. The number of phosphoric ester groups is 1. The lowest BCUT2D eigenvalue weighted by Gasteiger charge is -2.42. The minimum atomic E-state index is -5.64. The number of benzene rings is 4. The summed E-state index contributed by atoms with van der Waals surface area (Å²) in [5.41, 5.74) is -0.311. The van der Waals surface area contributed by atoms with E-state index < -0.39 is 60.0 Å². The zero-order valence-corrected chi connectivity index (χ0v) is 35.2. The molecule has 322 valence electrons. The van der Waals surface area contributed by atoms with E-state index in [-0.39, 0.29) is 57.9 Å². The number of ether oxygens (including phenoxy) is 8. The summed E-state index contributed by atoms with van der Waals surface area (Å²) in [7, 11) is 2.55. The molecule has 2 unspecified atom stereocenters. The smallest absolute Gasteiger partial charge is 0.493 e. The Kier molecular flexibility index (Phi) is 13.6. The fourth-order valence-corrected chi connectivity index (χ4v) is 8.27. The summed E-state index contributed by atoms with van der Waals surface area (Å²) in [6, 6.07) is 18.9. The second-order valence-corrected chi connectivity index (χ2v) is 15.3. The van der Waals surface area contributed by atoms with Crippen LogP contribution >= 0.6 is 19.6 Å². The maximum Gasteiger partial charge on any atom is 0.524 e. The van der Waals surface area contributed by atoms with Crippen molar-refractivity contribution in [3.05, 3.63) is 117 Å². The molecule has 2 heterocycles. The van der Waals surface area contributed by atoms with Crippen molar-refractivity contribution in [1.82, 2.24) is 4.90 Å². The molecule has 19 nitrogen and oxygen atoms in total. The Hall–Kier alpha value is -6.47. The minimum Gasteiger partial charge on any atom is -0.493 e. The van der Waals surface area contributed by atoms with Crippen LogP contribution in [0.15, 0.2) is 95.3 Å². The molecule has 0 aromatic heterocycles. The molecule has 0 bridgehead atoms. The zero-order chi connectivity index (χ0) is 44.0. The van der Waals surface area contributed by atoms with Crippen LogP contribution in [-0.2, 0) is 30.0 Å². The number of nitro groups is 1. The van der Waals surface area contributed by atoms with Gasteiger partial charge in [-0.15, -0.1) is 0 Å². The predicted octanol–water partition coefficient (Wildman–Crippen LogP) is 5.60. The third-order valence-corrected chi connectivity index (χ3v) is 11.0. The van der Waals surface area contributed by atoms with Crippen LogP contribution < -0.4 is 33.2 Å². The number of likely N-dealkylation sites (tertiary alicyclic amines) is 1. The number of nitro benzene ring substituents is 1. The molecule has 0 aliphatic carbocycles. The summed E-state index contributed by atoms with van der Waals surface area (Å²) in [5, 5.41) is 10.8. The van der Waals surface area contributed by atoms with Crippen molar-refractivity contribution in [1.29, 1.82) is 0 Å². The van der Waals surface area contributed by atoms with E-state index in [9.17, 15) is 34.1 Å². The number of non-ortho nitro benzene ring substituents is 1. The van der Waals surface area contributed by atoms with Crippen molar-refractivity contribution in [2.75, 3.05) is 49.3 Å². The molecule has 4 aromatic carbocycles. The number of allylic oxidation sites excluding steroid dienone is 1. The monoisotopic (exact) mass is 881 g/mol. The average Bonchev–Trinajstić information content (AvgIpc) is 3.64. The van der Waals surface area contributed by atoms with Gasteiger partial charge in [0.2, 0.25) is 11.5 Å². The van der Waals surface area contributed by atoms with Gasteiger partial charge >= 0.3 is 13.8 Å². The number of β-lactam (4-membered cyclic amide) rings is 1. The van der Waals surface area contributed by atoms with Crippen LogP contribution in [-0.4, -0.2) is 97.2 Å². The number of nitrogens with zero attached hydrogens (tertiary/aromatic N) is 3. The molecule has 2 aliphatic rings. The second-order valence-electron chi connectivity index (χ2n) is 12.9. The number of aliphatic imine (C=N–C) groups is 1. The highest BCUT2D eigenvalue weighted by Crippen LogP contribution is 2.53. The molecular weight excluding hydrogens is 841 g/mol. The van der Waals surface area contributed by atoms with E-state index in [1.807, 2.05) is 6.07 Å². The Labute approximate surface area is 353 Å². The number of phosphoric acid groups is 1. The Balaban J connectivity index is 1.58. The van der Waals surface area contributed by atoms with E-state index in [1.165, 1.54) is 91.2 Å². The molecular formula is C40H40N3O16PS. The summed E-state index contributed by atoms with van der Waals surface area (Å²) in [4.78, 5) is 66.4. The highest BCUT2D eigenvalue weighted by molar-refractivity contribution is 8.15. The Morgan fingerprint density at radius 2 is 1.34 bits per heavy atom. The van der Waals surface area contributed by atoms with Crippen molar-refractivity contribution in [3.8, 4) is 40.2 Å². The fourth-order valence-electron chi connectivity index (χ4n) is 6.62. The first kappa shape index (κ1) is 44.1. The van der Waals surface area contributed by atoms with Crippen LogP contribution in [0.5, 0.6) is 40.2 Å². The number of methoxy groups -OCH3 is 6. The van der Waals surface area contributed by atoms with Gasteiger partial charge in [0.15, 0.2) is 40.5 Å². The van der Waals surface area contributed by atoms with E-state index >= 15 is 0 Å². The SMILES string of the molecule is COc1cc(C(C(OP(=O)(O)O)=C(C(=O)OCc2ccc([N+](=O)[O-])cc2)N2C(=O)C3N=C(COc4ccccc4)SC32)c2cc(OC)c(OC)c(OC)c2)cc(OC)c1OC. The number of carbonyl (C=O) groups excluding carboxylic acids is 2. The predicted molar refractivity (Wildman–Crippen MR) is 218 cm³/mol. The first-order valence-electron chi connectivity index (χ1n) is 18.0. The summed E-state index contributed by atoms with van der Waals surface area (Å²) >= 11 is 1.09. The van der Waals surface area contributed by atoms with Crippen LogP contribution in [0.1, 0.15) is 22.6 Å². The molecule has 2 N–H and O–H groups in total. The summed E-state index contributed by atoms with van der Waals surface area (Å²) in [5.74, 6) is -2.97. The van der Waals surface area contributed by atoms with Crippen LogP contribution in [0.4, 0.5) is 5.69 Å². The molecule has 2 aliphatic heterocycles. The lowest BCUT2D eigenvalue weighted by atomic mass is 9.87. The normalized spacial score (nSPS) is 16.0. The number of fused-ring (bicyclic) bond motifs is 1. The molecule has 0 saturated carbocycles. The lowest BCUT2D eigenvalue weighted by molar-refractivity contribution is -0.384. The number of hydrogen-bond acceptors (Lipinski definition) is 16. The van der Waals surface area contributed by atoms with Crippen molar-refractivity contribution in [3.63, 3.8) is 0 Å². The summed E-state index contributed by atoms with van der Waals surface area (Å²) in [6.45, 7) is -0.518. The standard InChI is InChI=1S/C40H40N3O16PS/c1-51-27-16-23(17-28(52-2)35(27)55-5)32(24-18-29(53-3)36(56-6)30(19-24)54-4)37(59-60(48,49)50)34(40(45)58-20-22-12-14-25(15-13-22)43(46)47)42-38(44)33-39(42)61-31(41-33)21-57-26-10-8-7-9-11-26/h7-19,32-33,39H,20-21H2,1-6H3,(H2,48,49,50). The Morgan fingerprint density at radius 3 is 1.80 bits per heavy atom. The van der Waals surface area contributed by atoms with Gasteiger partial charge in [-0.05, 0) is 65.2 Å². The van der Waals surface area contributed by atoms with Crippen LogP contribution in [0.25, 0.3) is 0 Å². The van der Waals surface area contributed by atoms with E-state index in [0.717, 1.165) is 16.7 Å². The van der Waals surface area contributed by atoms with Gasteiger partial charge in [0.05, 0.1) is 53.5 Å². The maximum atomic E-state index is 14.7. The molecule has 61 heavy (non-hydrogen) atoms. The Morgan fingerprint density at radius 1 is 0.820 bits per heavy atom. The molecule has 1 amide bonds. The van der Waals surface area contributed by atoms with Gasteiger partial charge in [-0.2, -0.15) is 0 Å². The number of thioether (sulfide) groups is 1. The topological polar surface area (TPSA) is 233 Å². The van der Waals surface area contributed by atoms with E-state index in [0.29, 0.717) is 16.4 Å². The van der Waals surface area contributed by atoms with Gasteiger partial charge in [-0.3, -0.25) is 34.6 Å². The number of carbonyl (C=O) groups is 2. The molecule has 6 rings (SSSR count). The van der Waals surface area contributed by atoms with Crippen molar-refractivity contribution in [2.45, 2.75) is 23.9 Å². The largest absolute Gasteiger partial charge is 0.524 e. The average molecular weight is 882 g/mol. The molecule has 1 saturated heterocycles. The van der Waals surface area contributed by atoms with Gasteiger partial charge in [0, 0.05) is 12.1 Å². The molecule has 1 fully saturated rings. The minimum absolute atomic E-state index is 0.0300. The van der Waals surface area contributed by atoms with Gasteiger partial charge in [0.1, 0.15) is 29.4 Å². The highest BCUT2D eigenvalue weighted by Gasteiger charge is 2.57. The molecule has 2 atom stereocenters. The highest BCUT2D eigenvalue weighted by atomic mass is 32.2. The number of esters is 1. The third kappa shape index (κ3) is 9.47. The van der Waals surface area contributed by atoms with Gasteiger partial charge < -0.3 is 42.4 Å². The van der Waals surface area contributed by atoms with Gasteiger partial charge in [-0.1, -0.05) is 30.0 Å². The number of hydrogen-bond donors (Lipinski definition) is 2.